The zero-order chi connectivity index (χ0) is 20.7. The van der Waals surface area contributed by atoms with Gasteiger partial charge in [0.2, 0.25) is 0 Å². The van der Waals surface area contributed by atoms with Gasteiger partial charge in [0.25, 0.3) is 0 Å². The number of nitrogens with one attached hydrogen (secondary N) is 1. The van der Waals surface area contributed by atoms with Crippen molar-refractivity contribution in [1.29, 1.82) is 0 Å². The van der Waals surface area contributed by atoms with Crippen LogP contribution in [0, 0.1) is 6.92 Å². The van der Waals surface area contributed by atoms with E-state index in [0.717, 1.165) is 44.9 Å². The van der Waals surface area contributed by atoms with Crippen LogP contribution >= 0.6 is 0 Å². The van der Waals surface area contributed by atoms with Crippen LogP contribution in [0.1, 0.15) is 5.69 Å². The molecule has 30 heavy (non-hydrogen) atoms. The highest BCUT2D eigenvalue weighted by Gasteiger charge is 2.17. The molecule has 7 heteroatoms. The molecular formula is C23H21N7. The van der Waals surface area contributed by atoms with Crippen molar-refractivity contribution in [3.63, 3.8) is 0 Å². The lowest BCUT2D eigenvalue weighted by Crippen LogP contribution is -1.99. The number of hydrogen-bond acceptors (Lipinski definition) is 5. The summed E-state index contributed by atoms with van der Waals surface area (Å²) in [6.07, 6.45) is 5.23. The molecule has 0 spiro atoms. The Bertz CT molecular complexity index is 1330. The number of nitrogens with zero attached hydrogens (tertiary/aromatic N) is 6. The Morgan fingerprint density at radius 2 is 1.83 bits per heavy atom. The molecule has 1 aromatic carbocycles. The highest BCUT2D eigenvalue weighted by molar-refractivity contribution is 5.98. The second-order valence-electron chi connectivity index (χ2n) is 7.26. The van der Waals surface area contributed by atoms with Crippen LogP contribution in [-0.4, -0.2) is 29.3 Å². The minimum Gasteiger partial charge on any atom is -0.343 e. The monoisotopic (exact) mass is 395 g/mol. The van der Waals surface area contributed by atoms with E-state index >= 15 is 0 Å². The molecule has 0 atom stereocenters. The van der Waals surface area contributed by atoms with Gasteiger partial charge in [0.15, 0.2) is 0 Å². The van der Waals surface area contributed by atoms with Crippen molar-refractivity contribution in [2.75, 3.05) is 5.32 Å². The number of rotatable bonds is 4. The van der Waals surface area contributed by atoms with Crippen molar-refractivity contribution in [1.82, 2.24) is 29.3 Å². The second-order valence-corrected chi connectivity index (χ2v) is 7.26. The molecule has 5 rings (SSSR count). The summed E-state index contributed by atoms with van der Waals surface area (Å²) >= 11 is 0. The standard InChI is InChI=1S/C23H21N7/c1-15-18(13-29(2)28-15)19-12-21-17(23(26-19)27-22-9-10-24-14-25-22)11-20(30(21)3)16-7-5-4-6-8-16/h4-14H,1-3H3,(H,24,25,26,27). The Morgan fingerprint density at radius 1 is 1.00 bits per heavy atom. The molecule has 5 aromatic rings. The molecule has 1 N–H and O–H groups in total. The fourth-order valence-corrected chi connectivity index (χ4v) is 3.78. The Balaban J connectivity index is 1.75. The number of benzene rings is 1. The molecular weight excluding hydrogens is 374 g/mol. The average Bonchev–Trinajstić information content (AvgIpc) is 3.28. The largest absolute Gasteiger partial charge is 0.343 e. The van der Waals surface area contributed by atoms with Gasteiger partial charge >= 0.3 is 0 Å². The molecule has 0 unspecified atom stereocenters. The first kappa shape index (κ1) is 18.1. The van der Waals surface area contributed by atoms with Crippen LogP contribution in [0.4, 0.5) is 11.6 Å². The van der Waals surface area contributed by atoms with E-state index in [1.807, 2.05) is 37.0 Å². The van der Waals surface area contributed by atoms with E-state index < -0.39 is 0 Å². The van der Waals surface area contributed by atoms with Crippen molar-refractivity contribution in [3.8, 4) is 22.5 Å². The van der Waals surface area contributed by atoms with E-state index in [-0.39, 0.29) is 0 Å². The third-order valence-electron chi connectivity index (χ3n) is 5.23. The summed E-state index contributed by atoms with van der Waals surface area (Å²) in [6, 6.07) is 16.5. The lowest BCUT2D eigenvalue weighted by molar-refractivity contribution is 0.756. The van der Waals surface area contributed by atoms with Crippen LogP contribution in [0.15, 0.2) is 67.3 Å². The predicted molar refractivity (Wildman–Crippen MR) is 118 cm³/mol. The van der Waals surface area contributed by atoms with E-state index in [2.05, 4.69) is 68.4 Å². The number of pyridine rings is 1. The Kier molecular flexibility index (Phi) is 4.28. The van der Waals surface area contributed by atoms with E-state index in [9.17, 15) is 0 Å². The van der Waals surface area contributed by atoms with Gasteiger partial charge in [-0.1, -0.05) is 30.3 Å². The van der Waals surface area contributed by atoms with Gasteiger partial charge in [-0.15, -0.1) is 0 Å². The predicted octanol–water partition coefficient (Wildman–Crippen LogP) is 4.48. The van der Waals surface area contributed by atoms with Gasteiger partial charge in [0, 0.05) is 43.1 Å². The van der Waals surface area contributed by atoms with E-state index in [1.54, 1.807) is 6.20 Å². The molecule has 148 valence electrons. The summed E-state index contributed by atoms with van der Waals surface area (Å²) in [5.74, 6) is 1.45. The molecule has 0 aliphatic carbocycles. The average molecular weight is 395 g/mol. The second kappa shape index (κ2) is 7.11. The smallest absolute Gasteiger partial charge is 0.141 e. The summed E-state index contributed by atoms with van der Waals surface area (Å²) < 4.78 is 4.02. The third-order valence-corrected chi connectivity index (χ3v) is 5.23. The number of anilines is 2. The van der Waals surface area contributed by atoms with Crippen molar-refractivity contribution in [2.24, 2.45) is 14.1 Å². The van der Waals surface area contributed by atoms with Gasteiger partial charge < -0.3 is 9.88 Å². The number of fused-ring (bicyclic) bond motifs is 1. The first-order valence-corrected chi connectivity index (χ1v) is 9.69. The molecule has 0 fully saturated rings. The van der Waals surface area contributed by atoms with E-state index in [4.69, 9.17) is 4.98 Å². The lowest BCUT2D eigenvalue weighted by Gasteiger charge is -2.10. The summed E-state index contributed by atoms with van der Waals surface area (Å²) in [5.41, 5.74) is 6.17. The topological polar surface area (TPSA) is 73.5 Å². The molecule has 7 nitrogen and oxygen atoms in total. The van der Waals surface area contributed by atoms with Crippen molar-refractivity contribution < 1.29 is 0 Å². The summed E-state index contributed by atoms with van der Waals surface area (Å²) in [5, 5.41) is 8.89. The highest BCUT2D eigenvalue weighted by atomic mass is 15.3. The van der Waals surface area contributed by atoms with Gasteiger partial charge in [-0.05, 0) is 30.7 Å². The van der Waals surface area contributed by atoms with Crippen molar-refractivity contribution in [2.45, 2.75) is 6.92 Å². The molecule has 0 saturated heterocycles. The first-order chi connectivity index (χ1) is 14.6. The van der Waals surface area contributed by atoms with Crippen LogP contribution in [0.3, 0.4) is 0 Å². The molecule has 0 bridgehead atoms. The Labute approximate surface area is 174 Å². The maximum Gasteiger partial charge on any atom is 0.141 e. The highest BCUT2D eigenvalue weighted by Crippen LogP contribution is 2.35. The van der Waals surface area contributed by atoms with Crippen molar-refractivity contribution >= 4 is 22.5 Å². The molecule has 4 aromatic heterocycles. The van der Waals surface area contributed by atoms with Gasteiger partial charge in [0.1, 0.15) is 18.0 Å². The van der Waals surface area contributed by atoms with Crippen LogP contribution in [0.5, 0.6) is 0 Å². The van der Waals surface area contributed by atoms with Crippen LogP contribution in [-0.2, 0) is 14.1 Å². The zero-order valence-corrected chi connectivity index (χ0v) is 17.0. The molecule has 0 aliphatic heterocycles. The SMILES string of the molecule is Cc1nn(C)cc1-c1cc2c(cc(-c3ccccc3)n2C)c(Nc2ccncn2)n1. The fraction of sp³-hybridized carbons (Fsp3) is 0.130. The normalized spacial score (nSPS) is 11.2. The van der Waals surface area contributed by atoms with Crippen LogP contribution in [0.2, 0.25) is 0 Å². The Morgan fingerprint density at radius 3 is 2.53 bits per heavy atom. The lowest BCUT2D eigenvalue weighted by atomic mass is 10.1. The minimum absolute atomic E-state index is 0.698. The van der Waals surface area contributed by atoms with Gasteiger partial charge in [-0.25, -0.2) is 15.0 Å². The quantitative estimate of drug-likeness (QED) is 0.486. The number of aryl methyl sites for hydroxylation is 3. The molecule has 0 saturated carbocycles. The van der Waals surface area contributed by atoms with Crippen molar-refractivity contribution in [3.05, 3.63) is 72.9 Å². The molecule has 0 amide bonds. The number of hydrogen-bond donors (Lipinski definition) is 1. The van der Waals surface area contributed by atoms with Gasteiger partial charge in [-0.3, -0.25) is 4.68 Å². The van der Waals surface area contributed by atoms with E-state index in [0.29, 0.717) is 5.82 Å². The molecule has 0 radical (unpaired) electrons. The summed E-state index contributed by atoms with van der Waals surface area (Å²) in [4.78, 5) is 13.3. The van der Waals surface area contributed by atoms with Crippen LogP contribution < -0.4 is 5.32 Å². The number of aromatic nitrogens is 6. The summed E-state index contributed by atoms with van der Waals surface area (Å²) in [6.45, 7) is 2.00. The maximum atomic E-state index is 4.95. The maximum absolute atomic E-state index is 4.95. The fourth-order valence-electron chi connectivity index (χ4n) is 3.78. The summed E-state index contributed by atoms with van der Waals surface area (Å²) in [7, 11) is 4.00. The van der Waals surface area contributed by atoms with Gasteiger partial charge in [0.05, 0.1) is 16.9 Å². The first-order valence-electron chi connectivity index (χ1n) is 9.69. The minimum atomic E-state index is 0.698. The van der Waals surface area contributed by atoms with Crippen LogP contribution in [0.25, 0.3) is 33.4 Å². The third kappa shape index (κ3) is 3.10. The molecule has 0 aliphatic rings. The van der Waals surface area contributed by atoms with E-state index in [1.165, 1.54) is 6.33 Å². The zero-order valence-electron chi connectivity index (χ0n) is 17.0. The molecule has 4 heterocycles. The Hall–Kier alpha value is -4.00. The van der Waals surface area contributed by atoms with Gasteiger partial charge in [-0.2, -0.15) is 5.10 Å².